The van der Waals surface area contributed by atoms with Gasteiger partial charge in [-0.1, -0.05) is 48.2 Å². The number of para-hydroxylation sites is 1. The SMILES string of the molecule is CC(SC1=N/C(=C\c2ccccc2)C(=O)N1c1ccc(F)cc1)C(=O)Nc1c(F)cccc1F. The van der Waals surface area contributed by atoms with Crippen LogP contribution in [0.5, 0.6) is 0 Å². The molecule has 0 radical (unpaired) electrons. The quantitative estimate of drug-likeness (QED) is 0.482. The van der Waals surface area contributed by atoms with E-state index in [0.717, 1.165) is 29.5 Å². The van der Waals surface area contributed by atoms with Crippen molar-refractivity contribution in [2.75, 3.05) is 10.2 Å². The number of carbonyl (C=O) groups is 2. The summed E-state index contributed by atoms with van der Waals surface area (Å²) in [5.74, 6) is -3.41. The zero-order valence-electron chi connectivity index (χ0n) is 17.8. The third kappa shape index (κ3) is 5.04. The maximum atomic E-state index is 13.9. The van der Waals surface area contributed by atoms with Crippen LogP contribution in [0.3, 0.4) is 0 Å². The Morgan fingerprint density at radius 3 is 2.26 bits per heavy atom. The van der Waals surface area contributed by atoms with E-state index in [1.807, 2.05) is 30.3 Å². The highest BCUT2D eigenvalue weighted by Gasteiger charge is 2.34. The molecule has 0 aliphatic carbocycles. The Morgan fingerprint density at radius 1 is 0.971 bits per heavy atom. The first-order valence-corrected chi connectivity index (χ1v) is 11.1. The summed E-state index contributed by atoms with van der Waals surface area (Å²) in [6.45, 7) is 1.52. The zero-order valence-corrected chi connectivity index (χ0v) is 18.7. The second-order valence-corrected chi connectivity index (χ2v) is 8.61. The minimum atomic E-state index is -0.903. The van der Waals surface area contributed by atoms with Crippen LogP contribution in [-0.4, -0.2) is 22.2 Å². The number of amidine groups is 1. The molecule has 172 valence electrons. The van der Waals surface area contributed by atoms with Crippen molar-refractivity contribution in [1.29, 1.82) is 0 Å². The lowest BCUT2D eigenvalue weighted by molar-refractivity contribution is -0.115. The third-order valence-electron chi connectivity index (χ3n) is 4.88. The Labute approximate surface area is 198 Å². The smallest absolute Gasteiger partial charge is 0.283 e. The lowest BCUT2D eigenvalue weighted by Gasteiger charge is -2.20. The van der Waals surface area contributed by atoms with E-state index in [1.165, 1.54) is 42.2 Å². The van der Waals surface area contributed by atoms with Crippen LogP contribution in [0.4, 0.5) is 24.5 Å². The van der Waals surface area contributed by atoms with Gasteiger partial charge in [0.2, 0.25) is 5.91 Å². The standard InChI is InChI=1S/C25H18F3N3O2S/c1-15(23(32)30-22-19(27)8-5-9-20(22)28)34-25-29-21(14-16-6-3-2-4-7-16)24(33)31(25)18-12-10-17(26)11-13-18/h2-15H,1H3,(H,30,32)/b21-14-. The van der Waals surface area contributed by atoms with Crippen LogP contribution < -0.4 is 10.2 Å². The number of anilines is 2. The highest BCUT2D eigenvalue weighted by atomic mass is 32.2. The fourth-order valence-electron chi connectivity index (χ4n) is 3.15. The predicted octanol–water partition coefficient (Wildman–Crippen LogP) is 5.61. The number of benzene rings is 3. The van der Waals surface area contributed by atoms with Gasteiger partial charge in [-0.3, -0.25) is 14.5 Å². The molecule has 9 heteroatoms. The van der Waals surface area contributed by atoms with E-state index < -0.39 is 40.2 Å². The summed E-state index contributed by atoms with van der Waals surface area (Å²) in [5.41, 5.74) is 0.692. The molecule has 1 aliphatic heterocycles. The lowest BCUT2D eigenvalue weighted by atomic mass is 10.2. The van der Waals surface area contributed by atoms with Crippen molar-refractivity contribution in [3.8, 4) is 0 Å². The van der Waals surface area contributed by atoms with Crippen molar-refractivity contribution in [3.63, 3.8) is 0 Å². The average molecular weight is 481 g/mol. The average Bonchev–Trinajstić information content (AvgIpc) is 3.12. The summed E-state index contributed by atoms with van der Waals surface area (Å²) in [4.78, 5) is 31.5. The monoisotopic (exact) mass is 481 g/mol. The summed E-state index contributed by atoms with van der Waals surface area (Å²) in [5, 5.41) is 1.55. The van der Waals surface area contributed by atoms with Gasteiger partial charge in [0.1, 0.15) is 28.8 Å². The van der Waals surface area contributed by atoms with Gasteiger partial charge in [0.15, 0.2) is 5.17 Å². The molecule has 1 atom stereocenters. The minimum absolute atomic E-state index is 0.130. The molecule has 0 spiro atoms. The highest BCUT2D eigenvalue weighted by Crippen LogP contribution is 2.32. The number of hydrogen-bond acceptors (Lipinski definition) is 4. The van der Waals surface area contributed by atoms with Crippen LogP contribution in [0.2, 0.25) is 0 Å². The lowest BCUT2D eigenvalue weighted by Crippen LogP contribution is -2.33. The summed E-state index contributed by atoms with van der Waals surface area (Å²) in [6.07, 6.45) is 1.60. The van der Waals surface area contributed by atoms with Crippen LogP contribution in [-0.2, 0) is 9.59 Å². The largest absolute Gasteiger partial charge is 0.320 e. The first kappa shape index (κ1) is 23.3. The number of aliphatic imine (C=N–C) groups is 1. The van der Waals surface area contributed by atoms with E-state index >= 15 is 0 Å². The summed E-state index contributed by atoms with van der Waals surface area (Å²) < 4.78 is 41.3. The van der Waals surface area contributed by atoms with Crippen LogP contribution in [0.15, 0.2) is 83.5 Å². The minimum Gasteiger partial charge on any atom is -0.320 e. The second kappa shape index (κ2) is 9.96. The molecule has 0 saturated heterocycles. The Balaban J connectivity index is 1.62. The molecule has 5 nitrogen and oxygen atoms in total. The van der Waals surface area contributed by atoms with Gasteiger partial charge in [-0.15, -0.1) is 0 Å². The fraction of sp³-hybridized carbons (Fsp3) is 0.0800. The molecule has 0 saturated carbocycles. The van der Waals surface area contributed by atoms with Gasteiger partial charge >= 0.3 is 0 Å². The topological polar surface area (TPSA) is 61.8 Å². The molecular formula is C25H18F3N3O2S. The van der Waals surface area contributed by atoms with Gasteiger partial charge in [-0.05, 0) is 55.0 Å². The van der Waals surface area contributed by atoms with E-state index in [1.54, 1.807) is 6.08 Å². The van der Waals surface area contributed by atoms with Gasteiger partial charge in [-0.2, -0.15) is 0 Å². The number of carbonyl (C=O) groups excluding carboxylic acids is 2. The van der Waals surface area contributed by atoms with E-state index in [9.17, 15) is 22.8 Å². The Kier molecular flexibility index (Phi) is 6.83. The molecule has 0 bridgehead atoms. The predicted molar refractivity (Wildman–Crippen MR) is 128 cm³/mol. The molecule has 4 rings (SSSR count). The molecule has 1 aliphatic rings. The van der Waals surface area contributed by atoms with Crippen molar-refractivity contribution in [2.24, 2.45) is 4.99 Å². The number of hydrogen-bond donors (Lipinski definition) is 1. The zero-order chi connectivity index (χ0) is 24.2. The highest BCUT2D eigenvalue weighted by molar-refractivity contribution is 8.15. The van der Waals surface area contributed by atoms with Gasteiger partial charge in [0, 0.05) is 0 Å². The Bertz CT molecular complexity index is 1270. The number of nitrogens with one attached hydrogen (secondary N) is 1. The molecule has 0 aromatic heterocycles. The molecule has 34 heavy (non-hydrogen) atoms. The first-order chi connectivity index (χ1) is 16.3. The molecule has 1 heterocycles. The summed E-state index contributed by atoms with van der Waals surface area (Å²) >= 11 is 0.935. The normalized spacial score (nSPS) is 15.4. The molecule has 3 aromatic carbocycles. The second-order valence-electron chi connectivity index (χ2n) is 7.30. The molecule has 1 N–H and O–H groups in total. The van der Waals surface area contributed by atoms with Crippen LogP contribution in [0, 0.1) is 17.5 Å². The maximum absolute atomic E-state index is 13.9. The van der Waals surface area contributed by atoms with E-state index in [2.05, 4.69) is 10.3 Å². The summed E-state index contributed by atoms with van der Waals surface area (Å²) in [7, 11) is 0. The number of amides is 2. The fourth-order valence-corrected chi connectivity index (χ4v) is 4.08. The van der Waals surface area contributed by atoms with Crippen molar-refractivity contribution in [1.82, 2.24) is 0 Å². The molecule has 0 fully saturated rings. The van der Waals surface area contributed by atoms with Gasteiger partial charge in [-0.25, -0.2) is 18.2 Å². The van der Waals surface area contributed by atoms with Crippen molar-refractivity contribution in [2.45, 2.75) is 12.2 Å². The van der Waals surface area contributed by atoms with Crippen LogP contribution >= 0.6 is 11.8 Å². The number of thioether (sulfide) groups is 1. The molecule has 1 unspecified atom stereocenters. The molecular weight excluding hydrogens is 463 g/mol. The Hall–Kier alpha value is -3.85. The van der Waals surface area contributed by atoms with E-state index in [-0.39, 0.29) is 10.9 Å². The van der Waals surface area contributed by atoms with Gasteiger partial charge in [0.25, 0.3) is 5.91 Å². The van der Waals surface area contributed by atoms with Gasteiger partial charge < -0.3 is 5.32 Å². The number of nitrogens with zero attached hydrogens (tertiary/aromatic N) is 2. The summed E-state index contributed by atoms with van der Waals surface area (Å²) in [6, 6.07) is 17.6. The number of halogens is 3. The third-order valence-corrected chi connectivity index (χ3v) is 5.93. The molecule has 2 amide bonds. The van der Waals surface area contributed by atoms with Crippen LogP contribution in [0.1, 0.15) is 12.5 Å². The maximum Gasteiger partial charge on any atom is 0.283 e. The van der Waals surface area contributed by atoms with Crippen LogP contribution in [0.25, 0.3) is 6.08 Å². The van der Waals surface area contributed by atoms with Crippen molar-refractivity contribution in [3.05, 3.63) is 102 Å². The van der Waals surface area contributed by atoms with E-state index in [0.29, 0.717) is 5.69 Å². The van der Waals surface area contributed by atoms with E-state index in [4.69, 9.17) is 0 Å². The number of rotatable bonds is 5. The molecule has 3 aromatic rings. The van der Waals surface area contributed by atoms with Gasteiger partial charge in [0.05, 0.1) is 10.9 Å². The Morgan fingerprint density at radius 2 is 1.62 bits per heavy atom. The first-order valence-electron chi connectivity index (χ1n) is 10.2. The van der Waals surface area contributed by atoms with Crippen molar-refractivity contribution >= 4 is 46.2 Å². The van der Waals surface area contributed by atoms with Crippen molar-refractivity contribution < 1.29 is 22.8 Å².